The van der Waals surface area contributed by atoms with Gasteiger partial charge in [-0.05, 0) is 44.2 Å². The molecule has 0 bridgehead atoms. The van der Waals surface area contributed by atoms with Crippen LogP contribution in [0.3, 0.4) is 0 Å². The maximum Gasteiger partial charge on any atom is 0.270 e. The Morgan fingerprint density at radius 3 is 2.67 bits per heavy atom. The monoisotopic (exact) mass is 405 g/mol. The van der Waals surface area contributed by atoms with Crippen molar-refractivity contribution in [2.75, 3.05) is 5.32 Å². The zero-order chi connectivity index (χ0) is 19.3. The van der Waals surface area contributed by atoms with Crippen molar-refractivity contribution in [3.63, 3.8) is 0 Å². The second-order valence-corrected chi connectivity index (χ2v) is 7.64. The summed E-state index contributed by atoms with van der Waals surface area (Å²) >= 11 is 12.2. The van der Waals surface area contributed by atoms with Crippen molar-refractivity contribution in [2.24, 2.45) is 0 Å². The molecule has 1 aliphatic rings. The second kappa shape index (κ2) is 6.62. The molecule has 1 aromatic carbocycles. The number of hydrogen-bond acceptors (Lipinski definition) is 3. The van der Waals surface area contributed by atoms with E-state index < -0.39 is 5.92 Å². The fourth-order valence-electron chi connectivity index (χ4n) is 3.39. The highest BCUT2D eigenvalue weighted by Gasteiger charge is 2.35. The van der Waals surface area contributed by atoms with Gasteiger partial charge in [0.25, 0.3) is 5.56 Å². The smallest absolute Gasteiger partial charge is 0.270 e. The molecule has 27 heavy (non-hydrogen) atoms. The number of anilines is 1. The number of aromatic amines is 1. The van der Waals surface area contributed by atoms with Crippen LogP contribution in [0.25, 0.3) is 11.3 Å². The third-order valence-electron chi connectivity index (χ3n) is 4.64. The average Bonchev–Trinajstić information content (AvgIpc) is 3.19. The summed E-state index contributed by atoms with van der Waals surface area (Å²) in [6.07, 6.45) is 0.138. The summed E-state index contributed by atoms with van der Waals surface area (Å²) in [4.78, 5) is 24.8. The lowest BCUT2D eigenvalue weighted by molar-refractivity contribution is -0.116. The molecule has 3 heterocycles. The highest BCUT2D eigenvalue weighted by atomic mass is 35.5. The number of fused-ring (bicyclic) bond motifs is 1. The molecule has 3 aromatic rings. The molecule has 8 heteroatoms. The number of halogens is 2. The number of furan rings is 1. The molecule has 2 N–H and O–H groups in total. The largest absolute Gasteiger partial charge is 0.460 e. The van der Waals surface area contributed by atoms with E-state index in [1.54, 1.807) is 35.0 Å². The molecule has 1 amide bonds. The summed E-state index contributed by atoms with van der Waals surface area (Å²) in [5, 5.41) is 6.60. The molecule has 0 saturated heterocycles. The SMILES string of the molecule is CC(C)n1[nH]c(=O)c2c1NC(=O)CC2c1ccc(-c2ccc(Cl)cc2Cl)o1. The van der Waals surface area contributed by atoms with E-state index >= 15 is 0 Å². The molecule has 0 saturated carbocycles. The molecule has 2 aromatic heterocycles. The van der Waals surface area contributed by atoms with Crippen LogP contribution in [-0.2, 0) is 4.79 Å². The van der Waals surface area contributed by atoms with Gasteiger partial charge in [0.15, 0.2) is 0 Å². The van der Waals surface area contributed by atoms with E-state index in [2.05, 4.69) is 10.4 Å². The van der Waals surface area contributed by atoms with Crippen molar-refractivity contribution in [2.45, 2.75) is 32.2 Å². The van der Waals surface area contributed by atoms with Crippen LogP contribution in [0.5, 0.6) is 0 Å². The van der Waals surface area contributed by atoms with Gasteiger partial charge in [0, 0.05) is 23.0 Å². The van der Waals surface area contributed by atoms with E-state index in [0.29, 0.717) is 38.5 Å². The molecule has 0 aliphatic carbocycles. The van der Waals surface area contributed by atoms with Crippen LogP contribution in [0.2, 0.25) is 10.0 Å². The maximum atomic E-state index is 12.5. The minimum absolute atomic E-state index is 0.000496. The molecular formula is C19H17Cl2N3O3. The van der Waals surface area contributed by atoms with Crippen molar-refractivity contribution >= 4 is 34.9 Å². The molecular weight excluding hydrogens is 389 g/mol. The number of rotatable bonds is 3. The predicted molar refractivity (Wildman–Crippen MR) is 105 cm³/mol. The van der Waals surface area contributed by atoms with Gasteiger partial charge >= 0.3 is 0 Å². The Kier molecular flexibility index (Phi) is 4.40. The van der Waals surface area contributed by atoms with Crippen LogP contribution in [0.15, 0.2) is 39.5 Å². The van der Waals surface area contributed by atoms with Crippen LogP contribution in [-0.4, -0.2) is 15.7 Å². The molecule has 0 spiro atoms. The number of hydrogen-bond donors (Lipinski definition) is 2. The lowest BCUT2D eigenvalue weighted by atomic mass is 9.92. The van der Waals surface area contributed by atoms with Crippen molar-refractivity contribution in [3.05, 3.63) is 62.1 Å². The van der Waals surface area contributed by atoms with E-state index in [1.165, 1.54) is 0 Å². The third kappa shape index (κ3) is 3.09. The number of amides is 1. The number of benzene rings is 1. The molecule has 4 rings (SSSR count). The van der Waals surface area contributed by atoms with Crippen LogP contribution < -0.4 is 10.9 Å². The topological polar surface area (TPSA) is 80.0 Å². The molecule has 6 nitrogen and oxygen atoms in total. The predicted octanol–water partition coefficient (Wildman–Crippen LogP) is 4.80. The van der Waals surface area contributed by atoms with Crippen molar-refractivity contribution in [1.82, 2.24) is 9.78 Å². The van der Waals surface area contributed by atoms with Gasteiger partial charge in [0.1, 0.15) is 17.3 Å². The van der Waals surface area contributed by atoms with Gasteiger partial charge in [0.05, 0.1) is 16.5 Å². The maximum absolute atomic E-state index is 12.5. The van der Waals surface area contributed by atoms with Crippen LogP contribution in [0, 0.1) is 0 Å². The van der Waals surface area contributed by atoms with Gasteiger partial charge in [-0.2, -0.15) is 0 Å². The summed E-state index contributed by atoms with van der Waals surface area (Å²) < 4.78 is 7.66. The Balaban J connectivity index is 1.79. The average molecular weight is 406 g/mol. The van der Waals surface area contributed by atoms with Gasteiger partial charge in [-0.3, -0.25) is 19.4 Å². The van der Waals surface area contributed by atoms with E-state index in [-0.39, 0.29) is 23.9 Å². The van der Waals surface area contributed by atoms with E-state index in [9.17, 15) is 9.59 Å². The summed E-state index contributed by atoms with van der Waals surface area (Å²) in [6, 6.07) is 8.70. The number of nitrogens with one attached hydrogen (secondary N) is 2. The molecule has 140 valence electrons. The molecule has 0 fully saturated rings. The Hall–Kier alpha value is -2.44. The number of carbonyl (C=O) groups is 1. The van der Waals surface area contributed by atoms with Crippen LogP contribution in [0.1, 0.15) is 43.6 Å². The zero-order valence-electron chi connectivity index (χ0n) is 14.7. The Labute approximate surface area is 165 Å². The van der Waals surface area contributed by atoms with Crippen LogP contribution >= 0.6 is 23.2 Å². The number of nitrogens with zero attached hydrogens (tertiary/aromatic N) is 1. The van der Waals surface area contributed by atoms with Gasteiger partial charge in [-0.1, -0.05) is 23.2 Å². The Bertz CT molecular complexity index is 1090. The summed E-state index contributed by atoms with van der Waals surface area (Å²) in [5.74, 6) is 0.970. The fourth-order valence-corrected chi connectivity index (χ4v) is 3.89. The van der Waals surface area contributed by atoms with Crippen molar-refractivity contribution in [1.29, 1.82) is 0 Å². The van der Waals surface area contributed by atoms with Crippen molar-refractivity contribution < 1.29 is 9.21 Å². The van der Waals surface area contributed by atoms with Gasteiger partial charge in [-0.25, -0.2) is 0 Å². The quantitative estimate of drug-likeness (QED) is 0.656. The Morgan fingerprint density at radius 2 is 1.96 bits per heavy atom. The summed E-state index contributed by atoms with van der Waals surface area (Å²) in [6.45, 7) is 3.86. The van der Waals surface area contributed by atoms with Crippen molar-refractivity contribution in [3.8, 4) is 11.3 Å². The minimum atomic E-state index is -0.461. The molecule has 1 atom stereocenters. The lowest BCUT2D eigenvalue weighted by Crippen LogP contribution is -2.27. The molecule has 0 radical (unpaired) electrons. The fraction of sp³-hybridized carbons (Fsp3) is 0.263. The Morgan fingerprint density at radius 1 is 1.19 bits per heavy atom. The van der Waals surface area contributed by atoms with E-state index in [1.807, 2.05) is 13.8 Å². The normalized spacial score (nSPS) is 16.5. The van der Waals surface area contributed by atoms with Gasteiger partial charge in [0.2, 0.25) is 5.91 Å². The van der Waals surface area contributed by atoms with Crippen LogP contribution in [0.4, 0.5) is 5.82 Å². The first-order valence-electron chi connectivity index (χ1n) is 8.54. The molecule has 1 aliphatic heterocycles. The summed E-state index contributed by atoms with van der Waals surface area (Å²) in [7, 11) is 0. The standard InChI is InChI=1S/C19H17Cl2N3O3/c1-9(2)24-18-17(19(26)23-24)12(8-16(25)22-18)15-6-5-14(27-15)11-4-3-10(20)7-13(11)21/h3-7,9,12H,8H2,1-2H3,(H,22,25)(H,23,26). The second-order valence-electron chi connectivity index (χ2n) is 6.80. The third-order valence-corrected chi connectivity index (χ3v) is 5.19. The van der Waals surface area contributed by atoms with Gasteiger partial charge in [-0.15, -0.1) is 0 Å². The lowest BCUT2D eigenvalue weighted by Gasteiger charge is -2.22. The first kappa shape index (κ1) is 17.9. The number of carbonyl (C=O) groups excluding carboxylic acids is 1. The highest BCUT2D eigenvalue weighted by Crippen LogP contribution is 2.39. The first-order valence-corrected chi connectivity index (χ1v) is 9.30. The van der Waals surface area contributed by atoms with E-state index in [4.69, 9.17) is 27.6 Å². The first-order chi connectivity index (χ1) is 12.8. The van der Waals surface area contributed by atoms with Gasteiger partial charge < -0.3 is 9.73 Å². The number of H-pyrrole nitrogens is 1. The zero-order valence-corrected chi connectivity index (χ0v) is 16.2. The molecule has 1 unspecified atom stereocenters. The minimum Gasteiger partial charge on any atom is -0.460 e. The highest BCUT2D eigenvalue weighted by molar-refractivity contribution is 6.36. The van der Waals surface area contributed by atoms with E-state index in [0.717, 1.165) is 0 Å². The summed E-state index contributed by atoms with van der Waals surface area (Å²) in [5.41, 5.74) is 0.971. The number of aromatic nitrogens is 2.